The third-order valence-electron chi connectivity index (χ3n) is 13.8. The third-order valence-corrected chi connectivity index (χ3v) is 13.8. The zero-order chi connectivity index (χ0) is 59.4. The first-order valence-electron chi connectivity index (χ1n) is 29.8. The van der Waals surface area contributed by atoms with Crippen LogP contribution in [-0.4, -0.2) is 156 Å². The Kier molecular flexibility index (Phi) is 40.3. The topological polar surface area (TPSA) is 170 Å². The minimum Gasteiger partial charge on any atom is -0.379 e. The second kappa shape index (κ2) is 45.0. The Morgan fingerprint density at radius 2 is 0.864 bits per heavy atom. The minimum atomic E-state index is -0.777. The number of amides is 3. The van der Waals surface area contributed by atoms with Crippen molar-refractivity contribution >= 4 is 17.7 Å². The molecule has 0 heterocycles. The van der Waals surface area contributed by atoms with Crippen LogP contribution >= 0.6 is 0 Å². The summed E-state index contributed by atoms with van der Waals surface area (Å²) in [6.07, 6.45) is 32.5. The normalized spacial score (nSPS) is 16.9. The van der Waals surface area contributed by atoms with E-state index in [0.29, 0.717) is 138 Å². The Balaban J connectivity index is 1.74. The predicted molar refractivity (Wildman–Crippen MR) is 327 cm³/mol. The van der Waals surface area contributed by atoms with Crippen molar-refractivity contribution in [3.63, 3.8) is 0 Å². The van der Waals surface area contributed by atoms with E-state index >= 15 is 0 Å². The lowest BCUT2D eigenvalue weighted by Gasteiger charge is -2.33. The molecule has 15 nitrogen and oxygen atoms in total. The molecular formula is C66H107N3O12. The van der Waals surface area contributed by atoms with E-state index in [0.717, 1.165) is 35.1 Å². The lowest BCUT2D eigenvalue weighted by atomic mass is 9.72. The van der Waals surface area contributed by atoms with Crippen LogP contribution in [0.3, 0.4) is 0 Å². The van der Waals surface area contributed by atoms with E-state index in [2.05, 4.69) is 102 Å². The predicted octanol–water partition coefficient (Wildman–Crippen LogP) is 11.1. The molecule has 0 aromatic carbocycles. The third kappa shape index (κ3) is 36.6. The first kappa shape index (κ1) is 72.6. The summed E-state index contributed by atoms with van der Waals surface area (Å²) in [4.78, 5) is 39.5. The molecule has 3 amide bonds. The molecule has 0 bridgehead atoms. The smallest absolute Gasteiger partial charge is 0.244 e. The van der Waals surface area contributed by atoms with Gasteiger partial charge in [-0.25, -0.2) is 0 Å². The van der Waals surface area contributed by atoms with Crippen molar-refractivity contribution < 1.29 is 57.0 Å². The van der Waals surface area contributed by atoms with Crippen molar-refractivity contribution in [1.82, 2.24) is 16.0 Å². The maximum atomic E-state index is 13.5. The molecular weight excluding hydrogens is 1030 g/mol. The van der Waals surface area contributed by atoms with Gasteiger partial charge < -0.3 is 58.6 Å². The maximum absolute atomic E-state index is 13.5. The maximum Gasteiger partial charge on any atom is 0.244 e. The lowest BCUT2D eigenvalue weighted by molar-refractivity contribution is -0.127. The Labute approximate surface area is 489 Å². The van der Waals surface area contributed by atoms with E-state index < -0.39 is 6.04 Å². The highest BCUT2D eigenvalue weighted by atomic mass is 16.6. The fourth-order valence-electron chi connectivity index (χ4n) is 9.27. The van der Waals surface area contributed by atoms with E-state index in [9.17, 15) is 14.4 Å². The molecule has 0 aromatic heterocycles. The average Bonchev–Trinajstić information content (AvgIpc) is 3.45. The number of ether oxygens (including phenoxy) is 9. The highest BCUT2D eigenvalue weighted by molar-refractivity contribution is 5.93. The molecule has 0 saturated heterocycles. The van der Waals surface area contributed by atoms with Crippen LogP contribution in [0.5, 0.6) is 0 Å². The molecule has 3 N–H and O–H groups in total. The van der Waals surface area contributed by atoms with Crippen LogP contribution in [0.25, 0.3) is 0 Å². The number of rotatable bonds is 45. The number of carbonyl (C=O) groups is 3. The van der Waals surface area contributed by atoms with Crippen LogP contribution in [0.1, 0.15) is 134 Å². The van der Waals surface area contributed by atoms with E-state index in [1.807, 2.05) is 51.2 Å². The van der Waals surface area contributed by atoms with Crippen LogP contribution in [0.15, 0.2) is 117 Å². The molecule has 0 saturated carbocycles. The Bertz CT molecular complexity index is 2120. The summed E-state index contributed by atoms with van der Waals surface area (Å²) >= 11 is 0. The van der Waals surface area contributed by atoms with Crippen LogP contribution in [0.2, 0.25) is 0 Å². The zero-order valence-corrected chi connectivity index (χ0v) is 51.9. The summed E-state index contributed by atoms with van der Waals surface area (Å²) in [6.45, 7) is 32.9. The highest BCUT2D eigenvalue weighted by Gasteiger charge is 2.27. The molecule has 2 rings (SSSR count). The van der Waals surface area contributed by atoms with Gasteiger partial charge in [-0.1, -0.05) is 111 Å². The molecule has 15 heteroatoms. The molecule has 81 heavy (non-hydrogen) atoms. The van der Waals surface area contributed by atoms with Gasteiger partial charge in [-0.2, -0.15) is 0 Å². The summed E-state index contributed by atoms with van der Waals surface area (Å²) in [5.74, 6) is -0.842. The molecule has 2 aliphatic carbocycles. The second-order valence-electron chi connectivity index (χ2n) is 22.1. The van der Waals surface area contributed by atoms with Gasteiger partial charge in [0.2, 0.25) is 17.7 Å². The zero-order valence-electron chi connectivity index (χ0n) is 51.9. The first-order valence-corrected chi connectivity index (χ1v) is 29.8. The van der Waals surface area contributed by atoms with Crippen molar-refractivity contribution in [2.75, 3.05) is 132 Å². The number of carbonyl (C=O) groups excluding carboxylic acids is 3. The molecule has 0 unspecified atom stereocenters. The SMILES string of the molecule is CCOCCOCCOCCOCCOCCOCCOCCOCCOCCNC(=O)[C@@H](CCCCNC(=O)/C=C(C)/C=C/C=C(C)/C=C/C1=C(C)CCCC1(C)C)NC(=O)/C=C(C)/C=C/C=C(C)/C=C/C1=C(C)CCCC1(C)C. The van der Waals surface area contributed by atoms with E-state index in [1.165, 1.54) is 54.1 Å². The van der Waals surface area contributed by atoms with Crippen molar-refractivity contribution in [1.29, 1.82) is 0 Å². The van der Waals surface area contributed by atoms with Gasteiger partial charge in [-0.3, -0.25) is 14.4 Å². The van der Waals surface area contributed by atoms with Gasteiger partial charge in [0, 0.05) is 31.8 Å². The monoisotopic (exact) mass is 1130 g/mol. The number of allylic oxidation sites excluding steroid dienone is 18. The van der Waals surface area contributed by atoms with Crippen molar-refractivity contribution in [2.24, 2.45) is 10.8 Å². The average molecular weight is 1130 g/mol. The Morgan fingerprint density at radius 3 is 1.26 bits per heavy atom. The molecule has 0 radical (unpaired) electrons. The van der Waals surface area contributed by atoms with Gasteiger partial charge in [-0.15, -0.1) is 0 Å². The number of hydrogen-bond donors (Lipinski definition) is 3. The molecule has 0 aromatic rings. The van der Waals surface area contributed by atoms with Crippen molar-refractivity contribution in [2.45, 2.75) is 140 Å². The minimum absolute atomic E-state index is 0.174. The quantitative estimate of drug-likeness (QED) is 0.0300. The van der Waals surface area contributed by atoms with Crippen molar-refractivity contribution in [3.05, 3.63) is 117 Å². The number of unbranched alkanes of at least 4 members (excludes halogenated alkanes) is 1. The Morgan fingerprint density at radius 1 is 0.481 bits per heavy atom. The second-order valence-corrected chi connectivity index (χ2v) is 22.1. The largest absolute Gasteiger partial charge is 0.379 e. The molecule has 0 fully saturated rings. The summed E-state index contributed by atoms with van der Waals surface area (Å²) in [7, 11) is 0. The van der Waals surface area contributed by atoms with E-state index in [4.69, 9.17) is 42.6 Å². The molecule has 458 valence electrons. The fraction of sp³-hybridized carbons (Fsp3) is 0.652. The standard InChI is InChI=1S/C66H107N3O12/c1-12-73-35-36-75-39-40-77-43-44-79-47-48-81-50-49-80-46-45-78-42-41-76-38-37-74-34-33-68-64(72)61(69-63(71)52-56(5)22-16-20-54(3)27-29-60-58(7)24-18-31-66(60,10)11)25-13-14-32-67-62(70)51-55(4)21-15-19-53(2)26-28-59-57(6)23-17-30-65(59,8)9/h15-16,19-22,26-29,51-52,61H,12-14,17-18,23-25,30-50H2,1-11H3,(H,67,70)(H,68,72)(H,69,71)/b21-15+,22-16+,28-26+,29-27+,53-19+,54-20+,55-51+,56-52+/t61-/m1/s1. The summed E-state index contributed by atoms with van der Waals surface area (Å²) in [5.41, 5.74) is 9.98. The molecule has 2 aliphatic rings. The fourth-order valence-corrected chi connectivity index (χ4v) is 9.27. The summed E-state index contributed by atoms with van der Waals surface area (Å²) < 4.78 is 49.5. The Hall–Kier alpha value is -4.55. The first-order chi connectivity index (χ1) is 38.9. The van der Waals surface area contributed by atoms with Crippen molar-refractivity contribution in [3.8, 4) is 0 Å². The number of nitrogens with one attached hydrogen (secondary N) is 3. The number of hydrogen-bond acceptors (Lipinski definition) is 12. The van der Waals surface area contributed by atoms with Gasteiger partial charge in [0.1, 0.15) is 6.04 Å². The van der Waals surface area contributed by atoms with Gasteiger partial charge in [0.25, 0.3) is 0 Å². The van der Waals surface area contributed by atoms with Gasteiger partial charge in [0.15, 0.2) is 0 Å². The highest BCUT2D eigenvalue weighted by Crippen LogP contribution is 2.42. The van der Waals surface area contributed by atoms with Crippen LogP contribution in [-0.2, 0) is 57.0 Å². The molecule has 0 aliphatic heterocycles. The lowest BCUT2D eigenvalue weighted by Crippen LogP contribution is -2.47. The molecule has 0 spiro atoms. The van der Waals surface area contributed by atoms with Crippen LogP contribution in [0, 0.1) is 10.8 Å². The summed E-state index contributed by atoms with van der Waals surface area (Å²) in [5, 5.41) is 8.78. The van der Waals surface area contributed by atoms with E-state index in [1.54, 1.807) is 6.08 Å². The van der Waals surface area contributed by atoms with Gasteiger partial charge in [0.05, 0.1) is 112 Å². The van der Waals surface area contributed by atoms with E-state index in [-0.39, 0.29) is 41.7 Å². The van der Waals surface area contributed by atoms with Crippen LogP contribution < -0.4 is 16.0 Å². The molecule has 1 atom stereocenters. The van der Waals surface area contributed by atoms with Gasteiger partial charge >= 0.3 is 0 Å². The van der Waals surface area contributed by atoms with Crippen LogP contribution in [0.4, 0.5) is 0 Å². The van der Waals surface area contributed by atoms with Gasteiger partial charge in [-0.05, 0) is 139 Å². The summed E-state index contributed by atoms with van der Waals surface area (Å²) in [6, 6.07) is -0.777.